The van der Waals surface area contributed by atoms with Gasteiger partial charge in [0.1, 0.15) is 0 Å². The predicted molar refractivity (Wildman–Crippen MR) is 86.5 cm³/mol. The van der Waals surface area contributed by atoms with Crippen molar-refractivity contribution in [3.63, 3.8) is 0 Å². The van der Waals surface area contributed by atoms with E-state index in [1.807, 2.05) is 0 Å². The number of fused-ring (bicyclic) bond motifs is 2. The Kier molecular flexibility index (Phi) is 1.78. The van der Waals surface area contributed by atoms with Crippen LogP contribution < -0.4 is 0 Å². The molecule has 0 nitrogen and oxygen atoms in total. The van der Waals surface area contributed by atoms with Gasteiger partial charge in [-0.15, -0.1) is 0 Å². The van der Waals surface area contributed by atoms with Crippen LogP contribution in [0.5, 0.6) is 0 Å². The standard InChI is InChI=1S/C20H11/c1-2-7-17-15(4-1)12-16-9-8-13-5-3-6-14-10-11-18(17)20(16)19(13)14/h1-11H. The second-order valence-electron chi connectivity index (χ2n) is 5.35. The van der Waals surface area contributed by atoms with E-state index in [9.17, 15) is 0 Å². The predicted octanol–water partition coefficient (Wildman–Crippen LogP) is 5.54. The molecule has 0 aliphatic rings. The first-order chi connectivity index (χ1) is 9.92. The average Bonchev–Trinajstić information content (AvgIpc) is 2.52. The molecule has 0 atom stereocenters. The summed E-state index contributed by atoms with van der Waals surface area (Å²) in [5.41, 5.74) is 0. The average molecular weight is 251 g/mol. The minimum atomic E-state index is 1.19. The summed E-state index contributed by atoms with van der Waals surface area (Å²) in [6.45, 7) is 0. The van der Waals surface area contributed by atoms with Crippen LogP contribution in [0.3, 0.4) is 0 Å². The quantitative estimate of drug-likeness (QED) is 0.250. The maximum absolute atomic E-state index is 3.57. The van der Waals surface area contributed by atoms with Crippen LogP contribution in [0.4, 0.5) is 0 Å². The van der Waals surface area contributed by atoms with Crippen LogP contribution in [0.2, 0.25) is 0 Å². The van der Waals surface area contributed by atoms with Gasteiger partial charge in [0, 0.05) is 0 Å². The number of benzene rings is 5. The molecule has 0 aromatic heterocycles. The molecule has 20 heavy (non-hydrogen) atoms. The summed E-state index contributed by atoms with van der Waals surface area (Å²) in [7, 11) is 0. The van der Waals surface area contributed by atoms with E-state index in [0.717, 1.165) is 0 Å². The largest absolute Gasteiger partial charge is 0.0616 e. The van der Waals surface area contributed by atoms with E-state index in [1.165, 1.54) is 43.1 Å². The summed E-state index contributed by atoms with van der Waals surface area (Å²) >= 11 is 0. The summed E-state index contributed by atoms with van der Waals surface area (Å²) < 4.78 is 0. The van der Waals surface area contributed by atoms with Gasteiger partial charge < -0.3 is 0 Å². The van der Waals surface area contributed by atoms with Gasteiger partial charge >= 0.3 is 0 Å². The zero-order valence-electron chi connectivity index (χ0n) is 10.9. The van der Waals surface area contributed by atoms with Gasteiger partial charge in [-0.05, 0) is 49.2 Å². The Bertz CT molecular complexity index is 1070. The highest BCUT2D eigenvalue weighted by Gasteiger charge is 2.10. The molecular formula is C20H11. The van der Waals surface area contributed by atoms with Crippen molar-refractivity contribution in [2.75, 3.05) is 0 Å². The molecule has 5 rings (SSSR count). The minimum Gasteiger partial charge on any atom is -0.0616 e. The van der Waals surface area contributed by atoms with E-state index in [2.05, 4.69) is 72.8 Å². The van der Waals surface area contributed by atoms with Crippen LogP contribution in [0.15, 0.2) is 66.7 Å². The first-order valence-corrected chi connectivity index (χ1v) is 6.89. The molecular weight excluding hydrogens is 240 g/mol. The smallest absolute Gasteiger partial charge is 0.00137 e. The van der Waals surface area contributed by atoms with Gasteiger partial charge in [0.15, 0.2) is 0 Å². The fraction of sp³-hybridized carbons (Fsp3) is 0. The molecule has 0 heteroatoms. The van der Waals surface area contributed by atoms with Crippen LogP contribution in [-0.2, 0) is 0 Å². The molecule has 0 aliphatic carbocycles. The van der Waals surface area contributed by atoms with Gasteiger partial charge in [0.2, 0.25) is 0 Å². The zero-order chi connectivity index (χ0) is 13.1. The van der Waals surface area contributed by atoms with Crippen LogP contribution in [-0.4, -0.2) is 0 Å². The van der Waals surface area contributed by atoms with E-state index in [4.69, 9.17) is 0 Å². The Morgan fingerprint density at radius 1 is 0.500 bits per heavy atom. The lowest BCUT2D eigenvalue weighted by molar-refractivity contribution is 1.78. The Balaban J connectivity index is 2.23. The van der Waals surface area contributed by atoms with E-state index in [-0.39, 0.29) is 0 Å². The summed E-state index contributed by atoms with van der Waals surface area (Å²) in [5.74, 6) is 0. The Morgan fingerprint density at radius 2 is 1.30 bits per heavy atom. The van der Waals surface area contributed by atoms with E-state index >= 15 is 0 Å². The van der Waals surface area contributed by atoms with Gasteiger partial charge in [-0.3, -0.25) is 0 Å². The van der Waals surface area contributed by atoms with Crippen LogP contribution >= 0.6 is 0 Å². The highest BCUT2D eigenvalue weighted by molar-refractivity contribution is 6.28. The Labute approximate surface area is 116 Å². The molecule has 91 valence electrons. The molecule has 0 unspecified atom stereocenters. The summed E-state index contributed by atoms with van der Waals surface area (Å²) in [6.07, 6.45) is 0. The molecule has 0 aliphatic heterocycles. The van der Waals surface area contributed by atoms with Gasteiger partial charge in [0.25, 0.3) is 0 Å². The molecule has 0 saturated heterocycles. The minimum absolute atomic E-state index is 1.19. The van der Waals surface area contributed by atoms with Gasteiger partial charge in [-0.2, -0.15) is 0 Å². The summed E-state index contributed by atoms with van der Waals surface area (Å²) in [4.78, 5) is 0. The van der Waals surface area contributed by atoms with Crippen molar-refractivity contribution in [1.82, 2.24) is 0 Å². The summed E-state index contributed by atoms with van der Waals surface area (Å²) in [5, 5.41) is 10.4. The lowest BCUT2D eigenvalue weighted by Crippen LogP contribution is -1.85. The molecule has 0 bridgehead atoms. The number of hydrogen-bond acceptors (Lipinski definition) is 0. The van der Waals surface area contributed by atoms with Crippen LogP contribution in [0, 0.1) is 6.07 Å². The van der Waals surface area contributed by atoms with E-state index in [0.29, 0.717) is 0 Å². The first kappa shape index (κ1) is 10.2. The Morgan fingerprint density at radius 3 is 2.20 bits per heavy atom. The maximum Gasteiger partial charge on any atom is -0.00137 e. The second-order valence-corrected chi connectivity index (χ2v) is 5.35. The third-order valence-corrected chi connectivity index (χ3v) is 4.26. The molecule has 0 saturated carbocycles. The molecule has 0 spiro atoms. The first-order valence-electron chi connectivity index (χ1n) is 6.89. The lowest BCUT2D eigenvalue weighted by Gasteiger charge is -2.12. The van der Waals surface area contributed by atoms with Crippen molar-refractivity contribution >= 4 is 43.1 Å². The fourth-order valence-electron chi connectivity index (χ4n) is 3.38. The molecule has 1 radical (unpaired) electrons. The highest BCUT2D eigenvalue weighted by atomic mass is 14.1. The topological polar surface area (TPSA) is 0 Å². The van der Waals surface area contributed by atoms with Crippen molar-refractivity contribution in [2.45, 2.75) is 0 Å². The fourth-order valence-corrected chi connectivity index (χ4v) is 3.38. The summed E-state index contributed by atoms with van der Waals surface area (Å²) in [6, 6.07) is 27.5. The monoisotopic (exact) mass is 251 g/mol. The van der Waals surface area contributed by atoms with Crippen molar-refractivity contribution in [3.8, 4) is 0 Å². The molecule has 0 heterocycles. The third kappa shape index (κ3) is 1.16. The van der Waals surface area contributed by atoms with Gasteiger partial charge in [-0.1, -0.05) is 66.7 Å². The van der Waals surface area contributed by atoms with Crippen LogP contribution in [0.25, 0.3) is 43.1 Å². The lowest BCUT2D eigenvalue weighted by atomic mass is 9.91. The van der Waals surface area contributed by atoms with Crippen molar-refractivity contribution in [1.29, 1.82) is 0 Å². The van der Waals surface area contributed by atoms with Gasteiger partial charge in [0.05, 0.1) is 0 Å². The van der Waals surface area contributed by atoms with Crippen LogP contribution in [0.1, 0.15) is 0 Å². The maximum atomic E-state index is 3.57. The third-order valence-electron chi connectivity index (χ3n) is 4.26. The highest BCUT2D eigenvalue weighted by Crippen LogP contribution is 2.37. The second kappa shape index (κ2) is 3.49. The number of rotatable bonds is 0. The normalized spacial score (nSPS) is 12.0. The Hall–Kier alpha value is -2.60. The molecule has 0 fully saturated rings. The molecule has 0 amide bonds. The zero-order valence-corrected chi connectivity index (χ0v) is 10.9. The molecule has 5 aromatic carbocycles. The SMILES string of the molecule is [c]1c2ccccc2c2ccc3cccc4ccc1c2c43. The number of hydrogen-bond donors (Lipinski definition) is 0. The van der Waals surface area contributed by atoms with Gasteiger partial charge in [-0.25, -0.2) is 0 Å². The van der Waals surface area contributed by atoms with Crippen molar-refractivity contribution < 1.29 is 0 Å². The van der Waals surface area contributed by atoms with Crippen molar-refractivity contribution in [3.05, 3.63) is 72.8 Å². The van der Waals surface area contributed by atoms with E-state index in [1.54, 1.807) is 0 Å². The van der Waals surface area contributed by atoms with E-state index < -0.39 is 0 Å². The molecule has 5 aromatic rings. The van der Waals surface area contributed by atoms with Crippen molar-refractivity contribution in [2.24, 2.45) is 0 Å². The molecule has 0 N–H and O–H groups in total.